The fourth-order valence-corrected chi connectivity index (χ4v) is 1.46. The highest BCUT2D eigenvalue weighted by Gasteiger charge is 2.12. The molecule has 0 aliphatic heterocycles. The number of hydrogen-bond donors (Lipinski definition) is 0. The summed E-state index contributed by atoms with van der Waals surface area (Å²) >= 11 is 0. The second kappa shape index (κ2) is 7.65. The average Bonchev–Trinajstić information content (AvgIpc) is 2.70. The van der Waals surface area contributed by atoms with Gasteiger partial charge in [0.25, 0.3) is 0 Å². The van der Waals surface area contributed by atoms with Gasteiger partial charge in [-0.15, -0.1) is 0 Å². The van der Waals surface area contributed by atoms with Crippen LogP contribution in [0.5, 0.6) is 0 Å². The number of ketones is 1. The number of allylic oxidation sites excluding steroid dienone is 3. The number of carbonyl (C=O) groups excluding carboxylic acids is 2. The molecule has 1 aliphatic rings. The van der Waals surface area contributed by atoms with Gasteiger partial charge in [0, 0.05) is 25.0 Å². The summed E-state index contributed by atoms with van der Waals surface area (Å²) in [5, 5.41) is 0. The largest absolute Gasteiger partial charge is 0.498 e. The third kappa shape index (κ3) is 5.90. The minimum Gasteiger partial charge on any atom is -0.498 e. The first-order chi connectivity index (χ1) is 8.22. The lowest BCUT2D eigenvalue weighted by Crippen LogP contribution is -1.99. The van der Waals surface area contributed by atoms with Gasteiger partial charge in [-0.05, 0) is 19.8 Å². The summed E-state index contributed by atoms with van der Waals surface area (Å²) in [6.45, 7) is 2.75. The molecule has 0 aromatic carbocycles. The molecule has 0 amide bonds. The molecule has 0 N–H and O–H groups in total. The van der Waals surface area contributed by atoms with Crippen LogP contribution < -0.4 is 0 Å². The first-order valence-corrected chi connectivity index (χ1v) is 5.92. The van der Waals surface area contributed by atoms with Gasteiger partial charge in [-0.1, -0.05) is 6.08 Å². The standard InChI is InChI=1S/C13H18O4/c1-2-16-13(15)6-4-3-5-9-17-12-8-7-11(14)10-12/h4,6,10H,2-3,5,7-9H2,1H3/b6-4+. The van der Waals surface area contributed by atoms with Crippen LogP contribution in [-0.2, 0) is 19.1 Å². The molecule has 0 bridgehead atoms. The third-order valence-corrected chi connectivity index (χ3v) is 2.28. The molecule has 0 saturated heterocycles. The van der Waals surface area contributed by atoms with E-state index < -0.39 is 0 Å². The zero-order chi connectivity index (χ0) is 12.5. The Hall–Kier alpha value is -1.58. The van der Waals surface area contributed by atoms with Crippen molar-refractivity contribution in [2.45, 2.75) is 32.6 Å². The average molecular weight is 238 g/mol. The van der Waals surface area contributed by atoms with Crippen molar-refractivity contribution in [1.82, 2.24) is 0 Å². The molecule has 0 fully saturated rings. The lowest BCUT2D eigenvalue weighted by Gasteiger charge is -2.04. The minimum absolute atomic E-state index is 0.141. The van der Waals surface area contributed by atoms with Crippen molar-refractivity contribution in [1.29, 1.82) is 0 Å². The van der Waals surface area contributed by atoms with Gasteiger partial charge in [-0.3, -0.25) is 4.79 Å². The van der Waals surface area contributed by atoms with Gasteiger partial charge in [-0.25, -0.2) is 4.79 Å². The first kappa shape index (κ1) is 13.5. The number of unbranched alkanes of at least 4 members (excludes halogenated alkanes) is 1. The molecule has 1 aliphatic carbocycles. The molecular weight excluding hydrogens is 220 g/mol. The molecule has 17 heavy (non-hydrogen) atoms. The van der Waals surface area contributed by atoms with E-state index in [1.165, 1.54) is 6.08 Å². The van der Waals surface area contributed by atoms with Crippen LogP contribution in [0.3, 0.4) is 0 Å². The molecule has 0 spiro atoms. The first-order valence-electron chi connectivity index (χ1n) is 5.92. The topological polar surface area (TPSA) is 52.6 Å². The number of hydrogen-bond acceptors (Lipinski definition) is 4. The fraction of sp³-hybridized carbons (Fsp3) is 0.538. The summed E-state index contributed by atoms with van der Waals surface area (Å²) < 4.78 is 10.2. The van der Waals surface area contributed by atoms with Gasteiger partial charge in [0.15, 0.2) is 5.78 Å². The smallest absolute Gasteiger partial charge is 0.330 e. The van der Waals surface area contributed by atoms with Gasteiger partial charge in [0.1, 0.15) is 0 Å². The number of rotatable bonds is 7. The summed E-state index contributed by atoms with van der Waals surface area (Å²) in [5.74, 6) is 0.615. The van der Waals surface area contributed by atoms with E-state index in [-0.39, 0.29) is 11.8 Å². The van der Waals surface area contributed by atoms with Crippen LogP contribution in [0.4, 0.5) is 0 Å². The van der Waals surface area contributed by atoms with E-state index in [9.17, 15) is 9.59 Å². The molecule has 0 atom stereocenters. The quantitative estimate of drug-likeness (QED) is 0.387. The predicted octanol–water partition coefficient (Wildman–Crippen LogP) is 2.15. The molecule has 0 radical (unpaired) electrons. The zero-order valence-electron chi connectivity index (χ0n) is 10.1. The summed E-state index contributed by atoms with van der Waals surface area (Å²) in [7, 11) is 0. The van der Waals surface area contributed by atoms with Crippen LogP contribution >= 0.6 is 0 Å². The third-order valence-electron chi connectivity index (χ3n) is 2.28. The Morgan fingerprint density at radius 2 is 2.29 bits per heavy atom. The van der Waals surface area contributed by atoms with Gasteiger partial charge < -0.3 is 9.47 Å². The summed E-state index contributed by atoms with van der Waals surface area (Å²) in [4.78, 5) is 21.8. The highest BCUT2D eigenvalue weighted by atomic mass is 16.5. The zero-order valence-corrected chi connectivity index (χ0v) is 10.1. The molecular formula is C13H18O4. The SMILES string of the molecule is CCOC(=O)/C=C/CCCOC1=CC(=O)CC1. The van der Waals surface area contributed by atoms with Crippen molar-refractivity contribution in [2.75, 3.05) is 13.2 Å². The van der Waals surface area contributed by atoms with E-state index >= 15 is 0 Å². The van der Waals surface area contributed by atoms with E-state index in [4.69, 9.17) is 9.47 Å². The van der Waals surface area contributed by atoms with Crippen LogP contribution in [0, 0.1) is 0 Å². The van der Waals surface area contributed by atoms with Crippen LogP contribution in [0.25, 0.3) is 0 Å². The van der Waals surface area contributed by atoms with Crippen molar-refractivity contribution in [3.63, 3.8) is 0 Å². The molecule has 4 nitrogen and oxygen atoms in total. The highest BCUT2D eigenvalue weighted by molar-refractivity contribution is 5.92. The van der Waals surface area contributed by atoms with E-state index in [0.717, 1.165) is 25.0 Å². The van der Waals surface area contributed by atoms with E-state index in [0.29, 0.717) is 19.6 Å². The molecule has 4 heteroatoms. The molecule has 94 valence electrons. The molecule has 0 aromatic rings. The molecule has 1 rings (SSSR count). The van der Waals surface area contributed by atoms with Crippen molar-refractivity contribution >= 4 is 11.8 Å². The summed E-state index contributed by atoms with van der Waals surface area (Å²) in [6.07, 6.45) is 7.64. The van der Waals surface area contributed by atoms with Crippen LogP contribution in [0.2, 0.25) is 0 Å². The molecule has 0 aromatic heterocycles. The van der Waals surface area contributed by atoms with Gasteiger partial charge >= 0.3 is 5.97 Å². The van der Waals surface area contributed by atoms with Crippen molar-refractivity contribution in [3.8, 4) is 0 Å². The Bertz CT molecular complexity index is 328. The highest BCUT2D eigenvalue weighted by Crippen LogP contribution is 2.16. The monoisotopic (exact) mass is 238 g/mol. The van der Waals surface area contributed by atoms with Crippen LogP contribution in [-0.4, -0.2) is 25.0 Å². The Labute approximate surface area is 101 Å². The normalized spacial score (nSPS) is 15.1. The second-order valence-electron chi connectivity index (χ2n) is 3.72. The Kier molecular flexibility index (Phi) is 6.07. The van der Waals surface area contributed by atoms with Gasteiger partial charge in [-0.2, -0.15) is 0 Å². The summed E-state index contributed by atoms with van der Waals surface area (Å²) in [5.41, 5.74) is 0. The van der Waals surface area contributed by atoms with E-state index in [1.807, 2.05) is 0 Å². The van der Waals surface area contributed by atoms with Crippen molar-refractivity contribution < 1.29 is 19.1 Å². The predicted molar refractivity (Wildman–Crippen MR) is 63.3 cm³/mol. The minimum atomic E-state index is -0.308. The molecule has 0 unspecified atom stereocenters. The molecule has 0 saturated carbocycles. The lowest BCUT2D eigenvalue weighted by molar-refractivity contribution is -0.137. The Balaban J connectivity index is 2.03. The fourth-order valence-electron chi connectivity index (χ4n) is 1.46. The van der Waals surface area contributed by atoms with Crippen molar-refractivity contribution in [3.05, 3.63) is 24.0 Å². The van der Waals surface area contributed by atoms with Crippen molar-refractivity contribution in [2.24, 2.45) is 0 Å². The second-order valence-corrected chi connectivity index (χ2v) is 3.72. The van der Waals surface area contributed by atoms with E-state index in [1.54, 1.807) is 19.1 Å². The van der Waals surface area contributed by atoms with Crippen LogP contribution in [0.1, 0.15) is 32.6 Å². The summed E-state index contributed by atoms with van der Waals surface area (Å²) in [6, 6.07) is 0. The maximum absolute atomic E-state index is 10.9. The molecule has 0 heterocycles. The van der Waals surface area contributed by atoms with Gasteiger partial charge in [0.2, 0.25) is 0 Å². The van der Waals surface area contributed by atoms with E-state index in [2.05, 4.69) is 0 Å². The number of esters is 1. The maximum atomic E-state index is 10.9. The number of carbonyl (C=O) groups is 2. The Morgan fingerprint density at radius 1 is 1.47 bits per heavy atom. The maximum Gasteiger partial charge on any atom is 0.330 e. The lowest BCUT2D eigenvalue weighted by atomic mass is 10.3. The van der Waals surface area contributed by atoms with Gasteiger partial charge in [0.05, 0.1) is 19.0 Å². The number of ether oxygens (including phenoxy) is 2. The Morgan fingerprint density at radius 3 is 2.94 bits per heavy atom. The van der Waals surface area contributed by atoms with Crippen LogP contribution in [0.15, 0.2) is 24.0 Å².